The standard InChI is InChI=1S/C17H15ClN4O.C4H6ClN5/c18-12-2-1-3-13-16(12)17(23)22(11-6-7-14(19)20-9-11)15(21-13)8-10-4-5-10;5-1-2(6)9-4(8)10-3(1)7/h1-3,6-7,9-10H,4-5,8H2,(H2,19,20);(H6,6,7,8,9,10). The van der Waals surface area contributed by atoms with E-state index in [1.54, 1.807) is 29.0 Å². The second kappa shape index (κ2) is 9.08. The Balaban J connectivity index is 0.000000219. The van der Waals surface area contributed by atoms with Crippen LogP contribution in [0.25, 0.3) is 16.6 Å². The van der Waals surface area contributed by atoms with Gasteiger partial charge >= 0.3 is 0 Å². The van der Waals surface area contributed by atoms with E-state index in [1.165, 1.54) is 12.8 Å². The number of hydrogen-bond acceptors (Lipinski definition) is 9. The Hall–Kier alpha value is -3.63. The number of anilines is 4. The van der Waals surface area contributed by atoms with Crippen molar-refractivity contribution in [1.82, 2.24) is 24.5 Å². The zero-order valence-electron chi connectivity index (χ0n) is 17.4. The highest BCUT2D eigenvalue weighted by Gasteiger charge is 2.25. The lowest BCUT2D eigenvalue weighted by Crippen LogP contribution is -2.24. The van der Waals surface area contributed by atoms with Gasteiger partial charge in [-0.1, -0.05) is 29.3 Å². The summed E-state index contributed by atoms with van der Waals surface area (Å²) >= 11 is 11.7. The third-order valence-electron chi connectivity index (χ3n) is 5.03. The Bertz CT molecular complexity index is 1360. The fourth-order valence-corrected chi connectivity index (χ4v) is 3.58. The van der Waals surface area contributed by atoms with Crippen molar-refractivity contribution in [2.24, 2.45) is 5.92 Å². The molecule has 0 amide bonds. The molecule has 5 rings (SSSR count). The van der Waals surface area contributed by atoms with Gasteiger partial charge in [-0.2, -0.15) is 9.97 Å². The first kappa shape index (κ1) is 22.6. The second-order valence-corrected chi connectivity index (χ2v) is 8.34. The van der Waals surface area contributed by atoms with Crippen LogP contribution in [0.5, 0.6) is 0 Å². The number of aromatic nitrogens is 5. The topological polar surface area (TPSA) is 178 Å². The van der Waals surface area contributed by atoms with Gasteiger partial charge in [-0.15, -0.1) is 0 Å². The highest BCUT2D eigenvalue weighted by molar-refractivity contribution is 6.35. The molecule has 0 radical (unpaired) electrons. The van der Waals surface area contributed by atoms with Gasteiger partial charge in [0.05, 0.1) is 27.8 Å². The Morgan fingerprint density at radius 2 is 1.67 bits per heavy atom. The molecule has 3 heterocycles. The number of fused-ring (bicyclic) bond motifs is 1. The van der Waals surface area contributed by atoms with Crippen molar-refractivity contribution >= 4 is 57.5 Å². The zero-order chi connectivity index (χ0) is 23.7. The number of rotatable bonds is 3. The molecular formula is C21H21Cl2N9O. The van der Waals surface area contributed by atoms with Gasteiger partial charge in [0.25, 0.3) is 5.56 Å². The number of benzene rings is 1. The predicted molar refractivity (Wildman–Crippen MR) is 131 cm³/mol. The minimum atomic E-state index is -0.164. The first-order valence-electron chi connectivity index (χ1n) is 10.0. The average Bonchev–Trinajstić information content (AvgIpc) is 3.57. The summed E-state index contributed by atoms with van der Waals surface area (Å²) in [5.41, 5.74) is 22.5. The number of nitrogen functional groups attached to an aromatic ring is 4. The highest BCUT2D eigenvalue weighted by atomic mass is 35.5. The van der Waals surface area contributed by atoms with Crippen molar-refractivity contribution in [2.45, 2.75) is 19.3 Å². The molecule has 33 heavy (non-hydrogen) atoms. The van der Waals surface area contributed by atoms with Crippen LogP contribution in [-0.4, -0.2) is 24.5 Å². The third kappa shape index (κ3) is 4.91. The predicted octanol–water partition coefficient (Wildman–Crippen LogP) is 2.85. The molecule has 1 aliphatic rings. The Kier molecular flexibility index (Phi) is 6.21. The monoisotopic (exact) mass is 485 g/mol. The number of nitrogens with zero attached hydrogens (tertiary/aromatic N) is 5. The van der Waals surface area contributed by atoms with Gasteiger partial charge in [0, 0.05) is 6.42 Å². The fraction of sp³-hybridized carbons (Fsp3) is 0.190. The minimum absolute atomic E-state index is 0.0272. The lowest BCUT2D eigenvalue weighted by Gasteiger charge is -2.13. The summed E-state index contributed by atoms with van der Waals surface area (Å²) in [6.45, 7) is 0. The van der Waals surface area contributed by atoms with E-state index in [0.29, 0.717) is 33.3 Å². The SMILES string of the molecule is Nc1ccc(-n2c(CC3CC3)nc3cccc(Cl)c3c2=O)cn1.Nc1nc(N)c(Cl)c(N)n1. The molecule has 4 aromatic rings. The molecule has 1 aromatic carbocycles. The molecule has 0 spiro atoms. The summed E-state index contributed by atoms with van der Waals surface area (Å²) in [6, 6.07) is 8.81. The van der Waals surface area contributed by atoms with Crippen LogP contribution in [0.3, 0.4) is 0 Å². The van der Waals surface area contributed by atoms with Crippen molar-refractivity contribution < 1.29 is 0 Å². The molecule has 0 atom stereocenters. The Labute approximate surface area is 198 Å². The Morgan fingerprint density at radius 1 is 0.970 bits per heavy atom. The average molecular weight is 486 g/mol. The van der Waals surface area contributed by atoms with Crippen LogP contribution in [-0.2, 0) is 6.42 Å². The molecule has 0 bridgehead atoms. The molecule has 10 nitrogen and oxygen atoms in total. The van der Waals surface area contributed by atoms with Crippen LogP contribution in [0.4, 0.5) is 23.4 Å². The fourth-order valence-electron chi connectivity index (χ4n) is 3.25. The van der Waals surface area contributed by atoms with E-state index < -0.39 is 0 Å². The van der Waals surface area contributed by atoms with E-state index in [9.17, 15) is 4.79 Å². The largest absolute Gasteiger partial charge is 0.384 e. The van der Waals surface area contributed by atoms with Crippen molar-refractivity contribution in [3.63, 3.8) is 0 Å². The summed E-state index contributed by atoms with van der Waals surface area (Å²) in [5, 5.41) is 0.995. The van der Waals surface area contributed by atoms with E-state index in [1.807, 2.05) is 12.1 Å². The number of hydrogen-bond donors (Lipinski definition) is 4. The second-order valence-electron chi connectivity index (χ2n) is 7.56. The van der Waals surface area contributed by atoms with Crippen LogP contribution < -0.4 is 28.5 Å². The maximum absolute atomic E-state index is 13.0. The number of pyridine rings is 1. The van der Waals surface area contributed by atoms with Gasteiger partial charge < -0.3 is 22.9 Å². The number of nitrogens with two attached hydrogens (primary N) is 4. The van der Waals surface area contributed by atoms with Gasteiger partial charge in [0.2, 0.25) is 5.95 Å². The highest BCUT2D eigenvalue weighted by Crippen LogP contribution is 2.33. The van der Waals surface area contributed by atoms with Crippen LogP contribution >= 0.6 is 23.2 Å². The quantitative estimate of drug-likeness (QED) is 0.339. The molecule has 1 aliphatic carbocycles. The summed E-state index contributed by atoms with van der Waals surface area (Å²) in [5.74, 6) is 2.00. The molecule has 8 N–H and O–H groups in total. The van der Waals surface area contributed by atoms with E-state index >= 15 is 0 Å². The maximum Gasteiger partial charge on any atom is 0.267 e. The molecule has 3 aromatic heterocycles. The van der Waals surface area contributed by atoms with E-state index in [-0.39, 0.29) is 28.2 Å². The minimum Gasteiger partial charge on any atom is -0.384 e. The van der Waals surface area contributed by atoms with Crippen LogP contribution in [0, 0.1) is 5.92 Å². The van der Waals surface area contributed by atoms with E-state index in [4.69, 9.17) is 51.1 Å². The van der Waals surface area contributed by atoms with E-state index in [0.717, 1.165) is 12.2 Å². The van der Waals surface area contributed by atoms with Crippen LogP contribution in [0.15, 0.2) is 41.3 Å². The molecule has 12 heteroatoms. The molecular weight excluding hydrogens is 465 g/mol. The Morgan fingerprint density at radius 3 is 2.27 bits per heavy atom. The molecule has 1 fully saturated rings. The third-order valence-corrected chi connectivity index (χ3v) is 5.74. The van der Waals surface area contributed by atoms with E-state index in [2.05, 4.69) is 15.0 Å². The van der Waals surface area contributed by atoms with Gasteiger partial charge in [-0.25, -0.2) is 9.97 Å². The molecule has 0 aliphatic heterocycles. The number of halogens is 2. The summed E-state index contributed by atoms with van der Waals surface area (Å²) in [6.07, 6.45) is 4.74. The summed E-state index contributed by atoms with van der Waals surface area (Å²) in [7, 11) is 0. The lowest BCUT2D eigenvalue weighted by atomic mass is 10.2. The molecule has 1 saturated carbocycles. The van der Waals surface area contributed by atoms with Gasteiger partial charge in [0.15, 0.2) is 0 Å². The summed E-state index contributed by atoms with van der Waals surface area (Å²) in [4.78, 5) is 29.0. The van der Waals surface area contributed by atoms with Crippen molar-refractivity contribution in [3.8, 4) is 5.69 Å². The van der Waals surface area contributed by atoms with Crippen molar-refractivity contribution in [2.75, 3.05) is 22.9 Å². The first-order chi connectivity index (χ1) is 15.7. The molecule has 0 unspecified atom stereocenters. The lowest BCUT2D eigenvalue weighted by molar-refractivity contribution is 0.727. The maximum atomic E-state index is 13.0. The molecule has 0 saturated heterocycles. The zero-order valence-corrected chi connectivity index (χ0v) is 18.9. The van der Waals surface area contributed by atoms with Gasteiger partial charge in [0.1, 0.15) is 28.3 Å². The van der Waals surface area contributed by atoms with Crippen LogP contribution in [0.1, 0.15) is 18.7 Å². The first-order valence-corrected chi connectivity index (χ1v) is 10.8. The van der Waals surface area contributed by atoms with Gasteiger partial charge in [-0.05, 0) is 43.0 Å². The summed E-state index contributed by atoms with van der Waals surface area (Å²) < 4.78 is 1.61. The molecule has 170 valence electrons. The smallest absolute Gasteiger partial charge is 0.267 e. The van der Waals surface area contributed by atoms with Crippen molar-refractivity contribution in [1.29, 1.82) is 0 Å². The normalized spacial score (nSPS) is 12.9. The van der Waals surface area contributed by atoms with Gasteiger partial charge in [-0.3, -0.25) is 9.36 Å². The van der Waals surface area contributed by atoms with Crippen LogP contribution in [0.2, 0.25) is 10.0 Å². The van der Waals surface area contributed by atoms with Crippen molar-refractivity contribution in [3.05, 3.63) is 62.8 Å².